The number of likely N-dealkylation sites (N-methyl/N-ethyl adjacent to an activating group) is 1. The molecule has 5 nitrogen and oxygen atoms in total. The molecule has 1 amide bonds. The van der Waals surface area contributed by atoms with E-state index in [9.17, 15) is 9.90 Å². The third-order valence-electron chi connectivity index (χ3n) is 3.50. The van der Waals surface area contributed by atoms with Crippen LogP contribution in [0, 0.1) is 0 Å². The van der Waals surface area contributed by atoms with Gasteiger partial charge in [0, 0.05) is 32.4 Å². The van der Waals surface area contributed by atoms with Crippen molar-refractivity contribution in [3.05, 3.63) is 29.8 Å². The van der Waals surface area contributed by atoms with E-state index in [0.717, 1.165) is 25.1 Å². The predicted octanol–water partition coefficient (Wildman–Crippen LogP) is 0.466. The zero-order valence-corrected chi connectivity index (χ0v) is 11.2. The van der Waals surface area contributed by atoms with Crippen molar-refractivity contribution in [2.75, 3.05) is 39.0 Å². The highest BCUT2D eigenvalue weighted by Crippen LogP contribution is 2.17. The van der Waals surface area contributed by atoms with Gasteiger partial charge in [-0.3, -0.25) is 9.69 Å². The number of benzene rings is 1. The van der Waals surface area contributed by atoms with Gasteiger partial charge in [0.25, 0.3) is 0 Å². The Morgan fingerprint density at radius 2 is 2.00 bits per heavy atom. The lowest BCUT2D eigenvalue weighted by Crippen LogP contribution is -2.36. The van der Waals surface area contributed by atoms with Crippen LogP contribution in [0.25, 0.3) is 0 Å². The summed E-state index contributed by atoms with van der Waals surface area (Å²) in [6.45, 7) is 2.47. The smallest absolute Gasteiger partial charge is 0.236 e. The van der Waals surface area contributed by atoms with Crippen molar-refractivity contribution in [2.45, 2.75) is 12.5 Å². The quantitative estimate of drug-likeness (QED) is 0.778. The molecule has 3 N–H and O–H groups in total. The number of aliphatic hydroxyl groups excluding tert-OH is 1. The third kappa shape index (κ3) is 3.68. The molecule has 1 saturated heterocycles. The Morgan fingerprint density at radius 1 is 1.32 bits per heavy atom. The van der Waals surface area contributed by atoms with Crippen molar-refractivity contribution < 1.29 is 9.90 Å². The predicted molar refractivity (Wildman–Crippen MR) is 74.5 cm³/mol. The number of hydrogen-bond acceptors (Lipinski definition) is 4. The first-order valence-corrected chi connectivity index (χ1v) is 6.56. The van der Waals surface area contributed by atoms with E-state index >= 15 is 0 Å². The molecule has 1 aromatic rings. The Kier molecular flexibility index (Phi) is 4.39. The second-order valence-electron chi connectivity index (χ2n) is 5.09. The number of nitrogen functional groups attached to an aromatic ring is 1. The Balaban J connectivity index is 1.96. The number of carbonyl (C=O) groups excluding carboxylic acids is 1. The molecular weight excluding hydrogens is 242 g/mol. The highest BCUT2D eigenvalue weighted by atomic mass is 16.3. The van der Waals surface area contributed by atoms with Gasteiger partial charge in [0.1, 0.15) is 0 Å². The zero-order chi connectivity index (χ0) is 13.8. The minimum atomic E-state index is -0.586. The van der Waals surface area contributed by atoms with Crippen molar-refractivity contribution in [3.63, 3.8) is 0 Å². The number of hydrogen-bond donors (Lipinski definition) is 2. The highest BCUT2D eigenvalue weighted by Gasteiger charge is 2.21. The Morgan fingerprint density at radius 3 is 2.68 bits per heavy atom. The van der Waals surface area contributed by atoms with E-state index < -0.39 is 6.10 Å². The summed E-state index contributed by atoms with van der Waals surface area (Å²) in [4.78, 5) is 15.5. The molecule has 1 aromatic carbocycles. The van der Waals surface area contributed by atoms with E-state index in [1.165, 1.54) is 0 Å². The van der Waals surface area contributed by atoms with Gasteiger partial charge in [-0.25, -0.2) is 0 Å². The topological polar surface area (TPSA) is 69.8 Å². The fourth-order valence-corrected chi connectivity index (χ4v) is 2.27. The van der Waals surface area contributed by atoms with Crippen LogP contribution in [-0.2, 0) is 4.79 Å². The molecule has 0 aliphatic carbocycles. The van der Waals surface area contributed by atoms with Gasteiger partial charge in [-0.1, -0.05) is 12.1 Å². The van der Waals surface area contributed by atoms with Crippen molar-refractivity contribution in [2.24, 2.45) is 0 Å². The molecule has 19 heavy (non-hydrogen) atoms. The fraction of sp³-hybridized carbons (Fsp3) is 0.500. The van der Waals surface area contributed by atoms with E-state index in [-0.39, 0.29) is 5.91 Å². The van der Waals surface area contributed by atoms with Gasteiger partial charge in [0.15, 0.2) is 0 Å². The van der Waals surface area contributed by atoms with Crippen LogP contribution in [0.1, 0.15) is 18.1 Å². The molecule has 0 radical (unpaired) electrons. The number of aliphatic hydroxyl groups is 1. The van der Waals surface area contributed by atoms with Crippen LogP contribution in [0.4, 0.5) is 5.69 Å². The van der Waals surface area contributed by atoms with Crippen molar-refractivity contribution >= 4 is 11.6 Å². The maximum atomic E-state index is 11.8. The summed E-state index contributed by atoms with van der Waals surface area (Å²) in [6.07, 6.45) is 0.355. The second-order valence-corrected chi connectivity index (χ2v) is 5.09. The number of nitrogens with two attached hydrogens (primary N) is 1. The summed E-state index contributed by atoms with van der Waals surface area (Å²) >= 11 is 0. The second kappa shape index (κ2) is 6.04. The third-order valence-corrected chi connectivity index (χ3v) is 3.50. The van der Waals surface area contributed by atoms with Gasteiger partial charge in [0.05, 0.1) is 12.6 Å². The number of anilines is 1. The number of amides is 1. The molecule has 1 fully saturated rings. The molecule has 0 saturated carbocycles. The SMILES string of the molecule is CN1CCCN(CC(O)c2ccc(N)cc2)CC1=O. The molecule has 0 aromatic heterocycles. The molecule has 2 rings (SSSR count). The van der Waals surface area contributed by atoms with Crippen LogP contribution in [0.5, 0.6) is 0 Å². The van der Waals surface area contributed by atoms with Crippen molar-refractivity contribution in [1.82, 2.24) is 9.80 Å². The fourth-order valence-electron chi connectivity index (χ4n) is 2.27. The number of rotatable bonds is 3. The van der Waals surface area contributed by atoms with E-state index in [2.05, 4.69) is 0 Å². The van der Waals surface area contributed by atoms with Crippen LogP contribution in [0.3, 0.4) is 0 Å². The monoisotopic (exact) mass is 263 g/mol. The lowest BCUT2D eigenvalue weighted by Gasteiger charge is -2.22. The van der Waals surface area contributed by atoms with E-state index in [4.69, 9.17) is 5.73 Å². The van der Waals surface area contributed by atoms with E-state index in [0.29, 0.717) is 18.8 Å². The first-order valence-electron chi connectivity index (χ1n) is 6.56. The lowest BCUT2D eigenvalue weighted by atomic mass is 10.1. The molecule has 1 heterocycles. The van der Waals surface area contributed by atoms with Gasteiger partial charge in [-0.05, 0) is 24.1 Å². The van der Waals surface area contributed by atoms with Crippen molar-refractivity contribution in [3.8, 4) is 0 Å². The van der Waals surface area contributed by atoms with Crippen LogP contribution >= 0.6 is 0 Å². The molecular formula is C14H21N3O2. The summed E-state index contributed by atoms with van der Waals surface area (Å²) in [6, 6.07) is 7.21. The molecule has 104 valence electrons. The lowest BCUT2D eigenvalue weighted by molar-refractivity contribution is -0.130. The standard InChI is InChI=1S/C14H21N3O2/c1-16-7-2-8-17(10-14(16)19)9-13(18)11-3-5-12(15)6-4-11/h3-6,13,18H,2,7-10,15H2,1H3. The van der Waals surface area contributed by atoms with Crippen molar-refractivity contribution in [1.29, 1.82) is 0 Å². The van der Waals surface area contributed by atoms with Gasteiger partial charge in [0.2, 0.25) is 5.91 Å². The van der Waals surface area contributed by atoms with Crippen LogP contribution in [0.2, 0.25) is 0 Å². The normalized spacial score (nSPS) is 19.3. The molecule has 1 atom stereocenters. The van der Waals surface area contributed by atoms with Gasteiger partial charge >= 0.3 is 0 Å². The zero-order valence-electron chi connectivity index (χ0n) is 11.2. The largest absolute Gasteiger partial charge is 0.399 e. The number of carbonyl (C=O) groups is 1. The Bertz CT molecular complexity index is 433. The Hall–Kier alpha value is -1.59. The summed E-state index contributed by atoms with van der Waals surface area (Å²) in [5.41, 5.74) is 7.14. The minimum Gasteiger partial charge on any atom is -0.399 e. The maximum Gasteiger partial charge on any atom is 0.236 e. The summed E-state index contributed by atoms with van der Waals surface area (Å²) < 4.78 is 0. The highest BCUT2D eigenvalue weighted by molar-refractivity contribution is 5.78. The molecule has 1 unspecified atom stereocenters. The molecule has 0 bridgehead atoms. The van der Waals surface area contributed by atoms with Gasteiger partial charge in [-0.2, -0.15) is 0 Å². The Labute approximate surface area is 113 Å². The number of β-amino-alcohol motifs (C(OH)–C–C–N with tert-alkyl or cyclic N) is 1. The average molecular weight is 263 g/mol. The van der Waals surface area contributed by atoms with Crippen LogP contribution < -0.4 is 5.73 Å². The van der Waals surface area contributed by atoms with Gasteiger partial charge < -0.3 is 15.7 Å². The molecule has 0 spiro atoms. The molecule has 1 aliphatic rings. The van der Waals surface area contributed by atoms with E-state index in [1.807, 2.05) is 24.1 Å². The average Bonchev–Trinajstić information content (AvgIpc) is 2.53. The summed E-state index contributed by atoms with van der Waals surface area (Å²) in [5.74, 6) is 0.113. The summed E-state index contributed by atoms with van der Waals surface area (Å²) in [5, 5.41) is 10.2. The molecule has 1 aliphatic heterocycles. The minimum absolute atomic E-state index is 0.113. The van der Waals surface area contributed by atoms with E-state index in [1.54, 1.807) is 17.0 Å². The van der Waals surface area contributed by atoms with Gasteiger partial charge in [-0.15, -0.1) is 0 Å². The number of nitrogens with zero attached hydrogens (tertiary/aromatic N) is 2. The maximum absolute atomic E-state index is 11.8. The van der Waals surface area contributed by atoms with Crippen LogP contribution in [0.15, 0.2) is 24.3 Å². The first-order chi connectivity index (χ1) is 9.06. The molecule has 5 heteroatoms. The first kappa shape index (κ1) is 13.8. The summed E-state index contributed by atoms with van der Waals surface area (Å²) in [7, 11) is 1.82. The van der Waals surface area contributed by atoms with Crippen LogP contribution in [-0.4, -0.2) is 54.0 Å².